The zero-order valence-electron chi connectivity index (χ0n) is 15.4. The SMILES string of the molecule is CC(C)(C)c1cccc(N2CCCC(NC=O)C2c2ccccc2)c1. The summed E-state index contributed by atoms with van der Waals surface area (Å²) in [5.41, 5.74) is 3.94. The van der Waals surface area contributed by atoms with Crippen molar-refractivity contribution in [1.82, 2.24) is 5.32 Å². The van der Waals surface area contributed by atoms with Crippen LogP contribution in [0.3, 0.4) is 0 Å². The number of hydrogen-bond acceptors (Lipinski definition) is 2. The van der Waals surface area contributed by atoms with Gasteiger partial charge in [-0.05, 0) is 41.5 Å². The molecule has 2 unspecified atom stereocenters. The van der Waals surface area contributed by atoms with Crippen molar-refractivity contribution < 1.29 is 4.79 Å². The van der Waals surface area contributed by atoms with E-state index in [0.29, 0.717) is 0 Å². The zero-order chi connectivity index (χ0) is 17.9. The molecule has 1 N–H and O–H groups in total. The van der Waals surface area contributed by atoms with Gasteiger partial charge in [-0.25, -0.2) is 0 Å². The third-order valence-corrected chi connectivity index (χ3v) is 5.10. The predicted octanol–water partition coefficient (Wildman–Crippen LogP) is 4.44. The molecule has 1 heterocycles. The maximum absolute atomic E-state index is 11.1. The van der Waals surface area contributed by atoms with E-state index >= 15 is 0 Å². The highest BCUT2D eigenvalue weighted by atomic mass is 16.1. The number of anilines is 1. The molecule has 25 heavy (non-hydrogen) atoms. The maximum Gasteiger partial charge on any atom is 0.207 e. The van der Waals surface area contributed by atoms with Gasteiger partial charge in [-0.1, -0.05) is 63.2 Å². The number of nitrogens with one attached hydrogen (secondary N) is 1. The minimum Gasteiger partial charge on any atom is -0.362 e. The van der Waals surface area contributed by atoms with Crippen LogP contribution in [0.5, 0.6) is 0 Å². The van der Waals surface area contributed by atoms with Gasteiger partial charge in [0, 0.05) is 12.2 Å². The maximum atomic E-state index is 11.1. The highest BCUT2D eigenvalue weighted by molar-refractivity contribution is 5.54. The summed E-state index contributed by atoms with van der Waals surface area (Å²) < 4.78 is 0. The molecule has 1 aliphatic rings. The summed E-state index contributed by atoms with van der Waals surface area (Å²) in [6.07, 6.45) is 2.93. The molecule has 2 atom stereocenters. The number of carbonyl (C=O) groups excluding carboxylic acids is 1. The number of nitrogens with zero attached hydrogens (tertiary/aromatic N) is 1. The normalized spacial score (nSPS) is 21.0. The minimum atomic E-state index is 0.120. The van der Waals surface area contributed by atoms with Crippen LogP contribution in [0.2, 0.25) is 0 Å². The quantitative estimate of drug-likeness (QED) is 0.837. The van der Waals surface area contributed by atoms with Gasteiger partial charge < -0.3 is 10.2 Å². The van der Waals surface area contributed by atoms with Crippen molar-refractivity contribution in [3.8, 4) is 0 Å². The summed E-state index contributed by atoms with van der Waals surface area (Å²) >= 11 is 0. The van der Waals surface area contributed by atoms with Crippen molar-refractivity contribution in [1.29, 1.82) is 0 Å². The van der Waals surface area contributed by atoms with Crippen LogP contribution in [-0.2, 0) is 10.2 Å². The summed E-state index contributed by atoms with van der Waals surface area (Å²) in [7, 11) is 0. The van der Waals surface area contributed by atoms with E-state index in [1.807, 2.05) is 6.07 Å². The molecule has 3 rings (SSSR count). The van der Waals surface area contributed by atoms with Crippen LogP contribution < -0.4 is 10.2 Å². The molecule has 1 amide bonds. The summed E-state index contributed by atoms with van der Waals surface area (Å²) in [6, 6.07) is 19.7. The van der Waals surface area contributed by atoms with Gasteiger partial charge in [-0.15, -0.1) is 0 Å². The monoisotopic (exact) mass is 336 g/mol. The van der Waals surface area contributed by atoms with Crippen LogP contribution in [0, 0.1) is 0 Å². The number of piperidine rings is 1. The van der Waals surface area contributed by atoms with Crippen molar-refractivity contribution in [3.63, 3.8) is 0 Å². The Kier molecular flexibility index (Phi) is 5.12. The van der Waals surface area contributed by atoms with Crippen molar-refractivity contribution >= 4 is 12.1 Å². The van der Waals surface area contributed by atoms with E-state index in [0.717, 1.165) is 25.8 Å². The van der Waals surface area contributed by atoms with Crippen molar-refractivity contribution in [2.75, 3.05) is 11.4 Å². The molecule has 0 spiro atoms. The Morgan fingerprint density at radius 1 is 1.08 bits per heavy atom. The lowest BCUT2D eigenvalue weighted by Crippen LogP contribution is -2.48. The van der Waals surface area contributed by atoms with Crippen LogP contribution in [0.25, 0.3) is 0 Å². The fourth-order valence-electron chi connectivity index (χ4n) is 3.76. The molecule has 1 saturated heterocycles. The van der Waals surface area contributed by atoms with E-state index in [9.17, 15) is 4.79 Å². The van der Waals surface area contributed by atoms with Crippen LogP contribution >= 0.6 is 0 Å². The first-order valence-corrected chi connectivity index (χ1v) is 9.12. The summed E-state index contributed by atoms with van der Waals surface area (Å²) in [4.78, 5) is 13.6. The standard InChI is InChI=1S/C22H28N2O/c1-22(2,3)18-11-7-12-19(15-18)24-14-8-13-20(23-16-25)21(24)17-9-5-4-6-10-17/h4-7,9-12,15-16,20-21H,8,13-14H2,1-3H3,(H,23,25). The molecule has 3 heteroatoms. The molecule has 1 aliphatic heterocycles. The zero-order valence-corrected chi connectivity index (χ0v) is 15.4. The molecule has 2 aromatic carbocycles. The van der Waals surface area contributed by atoms with Gasteiger partial charge in [-0.3, -0.25) is 4.79 Å². The van der Waals surface area contributed by atoms with Gasteiger partial charge in [0.2, 0.25) is 6.41 Å². The lowest BCUT2D eigenvalue weighted by molar-refractivity contribution is -0.110. The number of hydrogen-bond donors (Lipinski definition) is 1. The molecule has 132 valence electrons. The minimum absolute atomic E-state index is 0.120. The van der Waals surface area contributed by atoms with Gasteiger partial charge in [0.05, 0.1) is 12.1 Å². The second-order valence-electron chi connectivity index (χ2n) is 7.88. The topological polar surface area (TPSA) is 32.3 Å². The molecular weight excluding hydrogens is 308 g/mol. The molecule has 0 aromatic heterocycles. The molecule has 0 radical (unpaired) electrons. The van der Waals surface area contributed by atoms with E-state index in [4.69, 9.17) is 0 Å². The fourth-order valence-corrected chi connectivity index (χ4v) is 3.76. The first kappa shape index (κ1) is 17.5. The van der Waals surface area contributed by atoms with E-state index in [1.165, 1.54) is 16.8 Å². The smallest absolute Gasteiger partial charge is 0.207 e. The summed E-state index contributed by atoms with van der Waals surface area (Å²) in [5, 5.41) is 3.06. The number of benzene rings is 2. The Bertz CT molecular complexity index is 705. The third kappa shape index (κ3) is 3.87. The molecule has 3 nitrogen and oxygen atoms in total. The highest BCUT2D eigenvalue weighted by Gasteiger charge is 2.33. The highest BCUT2D eigenvalue weighted by Crippen LogP contribution is 2.36. The summed E-state index contributed by atoms with van der Waals surface area (Å²) in [5.74, 6) is 0. The van der Waals surface area contributed by atoms with E-state index in [1.54, 1.807) is 0 Å². The lowest BCUT2D eigenvalue weighted by atomic mass is 9.85. The molecule has 0 aliphatic carbocycles. The van der Waals surface area contributed by atoms with Crippen molar-refractivity contribution in [2.24, 2.45) is 0 Å². The molecule has 1 fully saturated rings. The molecule has 0 bridgehead atoms. The van der Waals surface area contributed by atoms with E-state index < -0.39 is 0 Å². The van der Waals surface area contributed by atoms with E-state index in [-0.39, 0.29) is 17.5 Å². The Labute approximate surface area is 151 Å². The number of rotatable bonds is 4. The Hall–Kier alpha value is -2.29. The lowest BCUT2D eigenvalue weighted by Gasteiger charge is -2.43. The molecular formula is C22H28N2O. The van der Waals surface area contributed by atoms with E-state index in [2.05, 4.69) is 79.5 Å². The van der Waals surface area contributed by atoms with Gasteiger partial charge in [0.1, 0.15) is 0 Å². The van der Waals surface area contributed by atoms with Crippen LogP contribution in [0.4, 0.5) is 5.69 Å². The van der Waals surface area contributed by atoms with Crippen molar-refractivity contribution in [2.45, 2.75) is 51.1 Å². The third-order valence-electron chi connectivity index (χ3n) is 5.10. The fraction of sp³-hybridized carbons (Fsp3) is 0.409. The summed E-state index contributed by atoms with van der Waals surface area (Å²) in [6.45, 7) is 7.74. The van der Waals surface area contributed by atoms with Gasteiger partial charge in [0.25, 0.3) is 0 Å². The molecule has 0 saturated carbocycles. The second-order valence-corrected chi connectivity index (χ2v) is 7.88. The van der Waals surface area contributed by atoms with Gasteiger partial charge in [0.15, 0.2) is 0 Å². The Morgan fingerprint density at radius 2 is 1.84 bits per heavy atom. The van der Waals surface area contributed by atoms with Gasteiger partial charge in [-0.2, -0.15) is 0 Å². The van der Waals surface area contributed by atoms with Crippen LogP contribution in [-0.4, -0.2) is 19.0 Å². The Morgan fingerprint density at radius 3 is 2.52 bits per heavy atom. The predicted molar refractivity (Wildman–Crippen MR) is 104 cm³/mol. The first-order chi connectivity index (χ1) is 12.0. The van der Waals surface area contributed by atoms with Crippen molar-refractivity contribution in [3.05, 3.63) is 65.7 Å². The largest absolute Gasteiger partial charge is 0.362 e. The van der Waals surface area contributed by atoms with Gasteiger partial charge >= 0.3 is 0 Å². The Balaban J connectivity index is 2.01. The molecule has 2 aromatic rings. The van der Waals surface area contributed by atoms with Crippen LogP contribution in [0.1, 0.15) is 50.8 Å². The number of amides is 1. The first-order valence-electron chi connectivity index (χ1n) is 9.12. The average molecular weight is 336 g/mol. The second kappa shape index (κ2) is 7.30. The van der Waals surface area contributed by atoms with Crippen LogP contribution in [0.15, 0.2) is 54.6 Å². The number of carbonyl (C=O) groups is 1. The average Bonchev–Trinajstić information content (AvgIpc) is 2.62.